The Morgan fingerprint density at radius 3 is 2.11 bits per heavy atom. The number of hydrogen-bond donors (Lipinski definition) is 4. The van der Waals surface area contributed by atoms with E-state index in [0.717, 1.165) is 25.9 Å². The first-order valence-electron chi connectivity index (χ1n) is 6.25. The number of rotatable bonds is 11. The van der Waals surface area contributed by atoms with Crippen molar-refractivity contribution in [1.29, 1.82) is 0 Å². The van der Waals surface area contributed by atoms with Crippen molar-refractivity contribution >= 4 is 19.5 Å². The fourth-order valence-corrected chi connectivity index (χ4v) is 2.51. The predicted molar refractivity (Wildman–Crippen MR) is 70.3 cm³/mol. The van der Waals surface area contributed by atoms with Crippen molar-refractivity contribution in [3.8, 4) is 0 Å². The Balaban J connectivity index is 3.74. The van der Waals surface area contributed by atoms with Gasteiger partial charge < -0.3 is 15.1 Å². The van der Waals surface area contributed by atoms with E-state index in [1.165, 1.54) is 0 Å². The highest BCUT2D eigenvalue weighted by Crippen LogP contribution is 2.30. The maximum atomic E-state index is 11.1. The molecule has 0 saturated carbocycles. The van der Waals surface area contributed by atoms with E-state index in [1.54, 1.807) is 0 Å². The smallest absolute Gasteiger partial charge is 0.321 e. The number of carboxylic acids is 2. The quantitative estimate of drug-likeness (QED) is 0.337. The van der Waals surface area contributed by atoms with Gasteiger partial charge in [0.2, 0.25) is 0 Å². The van der Waals surface area contributed by atoms with Crippen molar-refractivity contribution in [2.75, 3.05) is 6.66 Å². The molecule has 0 amide bonds. The molecule has 112 valence electrons. The zero-order valence-electron chi connectivity index (χ0n) is 11.0. The summed E-state index contributed by atoms with van der Waals surface area (Å²) in [5.74, 6) is -1.95. The Morgan fingerprint density at radius 2 is 1.63 bits per heavy atom. The van der Waals surface area contributed by atoms with Gasteiger partial charge in [0.25, 0.3) is 7.52 Å². The molecule has 0 bridgehead atoms. The van der Waals surface area contributed by atoms with Crippen LogP contribution in [0.2, 0.25) is 0 Å². The van der Waals surface area contributed by atoms with Crippen LogP contribution in [0.5, 0.6) is 0 Å². The first-order chi connectivity index (χ1) is 8.72. The lowest BCUT2D eigenvalue weighted by molar-refractivity contribution is -0.139. The fraction of sp³-hybridized carbons (Fsp3) is 0.818. The molecule has 0 rings (SSSR count). The number of aliphatic carboxylic acids is 2. The fourth-order valence-electron chi connectivity index (χ4n) is 1.69. The molecule has 19 heavy (non-hydrogen) atoms. The van der Waals surface area contributed by atoms with E-state index in [9.17, 15) is 14.2 Å². The third kappa shape index (κ3) is 11.9. The SMILES string of the molecule is CP(=O)(O)NC(CCCCCCCC(=O)O)C(=O)O. The molecule has 0 aromatic heterocycles. The van der Waals surface area contributed by atoms with E-state index in [0.29, 0.717) is 12.8 Å². The van der Waals surface area contributed by atoms with Gasteiger partial charge in [0.15, 0.2) is 0 Å². The van der Waals surface area contributed by atoms with Gasteiger partial charge in [-0.25, -0.2) is 5.09 Å². The van der Waals surface area contributed by atoms with Crippen molar-refractivity contribution in [3.63, 3.8) is 0 Å². The van der Waals surface area contributed by atoms with Crippen molar-refractivity contribution in [2.45, 2.75) is 51.0 Å². The largest absolute Gasteiger partial charge is 0.481 e. The van der Waals surface area contributed by atoms with Crippen LogP contribution in [0, 0.1) is 0 Å². The van der Waals surface area contributed by atoms with Gasteiger partial charge in [0.05, 0.1) is 0 Å². The third-order valence-corrected chi connectivity index (χ3v) is 3.37. The van der Waals surface area contributed by atoms with Gasteiger partial charge in [0, 0.05) is 13.1 Å². The minimum Gasteiger partial charge on any atom is -0.481 e. The van der Waals surface area contributed by atoms with E-state index in [4.69, 9.17) is 15.1 Å². The average molecular weight is 295 g/mol. The minimum atomic E-state index is -3.55. The Hall–Kier alpha value is -0.910. The van der Waals surface area contributed by atoms with Gasteiger partial charge in [-0.2, -0.15) is 0 Å². The van der Waals surface area contributed by atoms with Crippen molar-refractivity contribution in [2.24, 2.45) is 0 Å². The molecule has 0 heterocycles. The van der Waals surface area contributed by atoms with Gasteiger partial charge in [0.1, 0.15) is 6.04 Å². The number of nitrogens with one attached hydrogen (secondary N) is 1. The first-order valence-corrected chi connectivity index (χ1v) is 8.35. The molecule has 0 spiro atoms. The second-order valence-electron chi connectivity index (χ2n) is 4.60. The van der Waals surface area contributed by atoms with Crippen LogP contribution in [0.25, 0.3) is 0 Å². The predicted octanol–water partition coefficient (Wildman–Crippen LogP) is 1.66. The summed E-state index contributed by atoms with van der Waals surface area (Å²) in [4.78, 5) is 30.2. The summed E-state index contributed by atoms with van der Waals surface area (Å²) < 4.78 is 11.1. The molecule has 8 heteroatoms. The molecule has 0 aliphatic heterocycles. The summed E-state index contributed by atoms with van der Waals surface area (Å²) in [5.41, 5.74) is 0. The molecule has 0 saturated heterocycles. The van der Waals surface area contributed by atoms with Crippen LogP contribution < -0.4 is 5.09 Å². The summed E-state index contributed by atoms with van der Waals surface area (Å²) >= 11 is 0. The molecular weight excluding hydrogens is 273 g/mol. The number of hydrogen-bond acceptors (Lipinski definition) is 3. The van der Waals surface area contributed by atoms with E-state index >= 15 is 0 Å². The highest BCUT2D eigenvalue weighted by Gasteiger charge is 2.23. The van der Waals surface area contributed by atoms with Crippen molar-refractivity contribution in [1.82, 2.24) is 5.09 Å². The molecule has 0 radical (unpaired) electrons. The monoisotopic (exact) mass is 295 g/mol. The van der Waals surface area contributed by atoms with E-state index in [-0.39, 0.29) is 12.8 Å². The summed E-state index contributed by atoms with van der Waals surface area (Å²) in [6, 6.07) is -1.01. The first kappa shape index (κ1) is 18.1. The van der Waals surface area contributed by atoms with Gasteiger partial charge in [-0.05, 0) is 12.8 Å². The summed E-state index contributed by atoms with van der Waals surface area (Å²) in [7, 11) is -3.55. The number of carbonyl (C=O) groups is 2. The second-order valence-corrected chi connectivity index (χ2v) is 6.62. The summed E-state index contributed by atoms with van der Waals surface area (Å²) in [6.45, 7) is 1.06. The molecule has 0 aromatic rings. The topological polar surface area (TPSA) is 124 Å². The van der Waals surface area contributed by atoms with Crippen LogP contribution in [0.3, 0.4) is 0 Å². The molecular formula is C11H22NO6P. The van der Waals surface area contributed by atoms with Crippen molar-refractivity contribution in [3.05, 3.63) is 0 Å². The van der Waals surface area contributed by atoms with Gasteiger partial charge in [-0.1, -0.05) is 25.7 Å². The zero-order valence-corrected chi connectivity index (χ0v) is 11.9. The van der Waals surface area contributed by atoms with Crippen LogP contribution in [0.4, 0.5) is 0 Å². The highest BCUT2D eigenvalue weighted by molar-refractivity contribution is 7.55. The maximum Gasteiger partial charge on any atom is 0.321 e. The second kappa shape index (κ2) is 9.07. The van der Waals surface area contributed by atoms with E-state index in [2.05, 4.69) is 5.09 Å². The van der Waals surface area contributed by atoms with Crippen LogP contribution in [0.1, 0.15) is 44.9 Å². The number of carboxylic acid groups (broad SMARTS) is 2. The normalized spacial score (nSPS) is 15.7. The lowest BCUT2D eigenvalue weighted by Crippen LogP contribution is -2.34. The lowest BCUT2D eigenvalue weighted by atomic mass is 10.1. The van der Waals surface area contributed by atoms with Crippen LogP contribution in [-0.2, 0) is 14.2 Å². The van der Waals surface area contributed by atoms with Gasteiger partial charge in [-0.3, -0.25) is 14.2 Å². The van der Waals surface area contributed by atoms with E-state index in [1.807, 2.05) is 0 Å². The highest BCUT2D eigenvalue weighted by atomic mass is 31.2. The molecule has 0 fully saturated rings. The molecule has 2 atom stereocenters. The standard InChI is InChI=1S/C11H22NO6P/c1-19(17,18)12-9(11(15)16)7-5-3-2-4-6-8-10(13)14/h9H,2-8H2,1H3,(H,13,14)(H,15,16)(H2,12,17,18). The summed E-state index contributed by atoms with van der Waals surface area (Å²) in [6.07, 6.45) is 4.10. The maximum absolute atomic E-state index is 11.1. The van der Waals surface area contributed by atoms with Crippen LogP contribution >= 0.6 is 7.52 Å². The van der Waals surface area contributed by atoms with Gasteiger partial charge in [-0.15, -0.1) is 0 Å². The molecule has 0 aliphatic rings. The molecule has 7 nitrogen and oxygen atoms in total. The Morgan fingerprint density at radius 1 is 1.11 bits per heavy atom. The lowest BCUT2D eigenvalue weighted by Gasteiger charge is -2.16. The van der Waals surface area contributed by atoms with Crippen LogP contribution in [0.15, 0.2) is 0 Å². The molecule has 2 unspecified atom stereocenters. The molecule has 4 N–H and O–H groups in total. The third-order valence-electron chi connectivity index (χ3n) is 2.58. The Bertz CT molecular complexity index is 340. The van der Waals surface area contributed by atoms with Gasteiger partial charge >= 0.3 is 11.9 Å². The molecule has 0 aliphatic carbocycles. The Kier molecular flexibility index (Phi) is 8.63. The molecule has 0 aromatic carbocycles. The minimum absolute atomic E-state index is 0.156. The summed E-state index contributed by atoms with van der Waals surface area (Å²) in [5, 5.41) is 19.5. The van der Waals surface area contributed by atoms with E-state index < -0.39 is 25.5 Å². The number of unbranched alkanes of at least 4 members (excludes halogenated alkanes) is 4. The van der Waals surface area contributed by atoms with Crippen LogP contribution in [-0.4, -0.2) is 39.8 Å². The Labute approximate surface area is 112 Å². The van der Waals surface area contributed by atoms with Crippen molar-refractivity contribution < 1.29 is 29.3 Å². The zero-order chi connectivity index (χ0) is 14.9. The average Bonchev–Trinajstić information content (AvgIpc) is 2.23.